The molecule has 1 aromatic heterocycles. The second kappa shape index (κ2) is 6.96. The highest BCUT2D eigenvalue weighted by molar-refractivity contribution is 5.77. The standard InChI is InChI=1S/C19H24N4O2/c1-25-12-15-10-23(17(24)9-13-7-8-13)11-16(15)19-20-18(21-22-19)14-5-3-2-4-6-14/h2-6,13,15-16H,7-12H2,1H3,(H,20,21,22)/t15-,16+/m0/s1. The van der Waals surface area contributed by atoms with Crippen LogP contribution in [0.5, 0.6) is 0 Å². The maximum atomic E-state index is 12.5. The van der Waals surface area contributed by atoms with Crippen LogP contribution in [-0.2, 0) is 9.53 Å². The summed E-state index contributed by atoms with van der Waals surface area (Å²) in [5.74, 6) is 2.84. The highest BCUT2D eigenvalue weighted by Gasteiger charge is 2.39. The number of hydrogen-bond acceptors (Lipinski definition) is 4. The molecule has 2 atom stereocenters. The van der Waals surface area contributed by atoms with Gasteiger partial charge in [0.05, 0.1) is 6.61 Å². The number of nitrogens with one attached hydrogen (secondary N) is 1. The van der Waals surface area contributed by atoms with Gasteiger partial charge in [-0.15, -0.1) is 0 Å². The fourth-order valence-electron chi connectivity index (χ4n) is 3.62. The Balaban J connectivity index is 1.51. The van der Waals surface area contributed by atoms with Crippen LogP contribution in [0.25, 0.3) is 11.4 Å². The maximum Gasteiger partial charge on any atom is 0.222 e. The third-order valence-corrected chi connectivity index (χ3v) is 5.22. The summed E-state index contributed by atoms with van der Waals surface area (Å²) in [6.45, 7) is 2.06. The van der Waals surface area contributed by atoms with Crippen molar-refractivity contribution in [2.24, 2.45) is 11.8 Å². The number of aromatic nitrogens is 3. The molecular formula is C19H24N4O2. The van der Waals surface area contributed by atoms with E-state index in [0.717, 1.165) is 17.9 Å². The number of likely N-dealkylation sites (tertiary alicyclic amines) is 1. The van der Waals surface area contributed by atoms with Gasteiger partial charge in [-0.05, 0) is 18.8 Å². The molecule has 25 heavy (non-hydrogen) atoms. The number of ether oxygens (including phenoxy) is 1. The SMILES string of the molecule is COC[C@@H]1CN(C(=O)CC2CC2)C[C@H]1c1nc(-c2ccccc2)n[nH]1. The van der Waals surface area contributed by atoms with Crippen molar-refractivity contribution in [1.29, 1.82) is 0 Å². The van der Waals surface area contributed by atoms with Crippen LogP contribution in [-0.4, -0.2) is 52.8 Å². The van der Waals surface area contributed by atoms with Crippen LogP contribution in [0.15, 0.2) is 30.3 Å². The monoisotopic (exact) mass is 340 g/mol. The van der Waals surface area contributed by atoms with E-state index in [9.17, 15) is 4.79 Å². The van der Waals surface area contributed by atoms with E-state index in [-0.39, 0.29) is 17.7 Å². The molecule has 2 heterocycles. The zero-order valence-corrected chi connectivity index (χ0v) is 14.5. The zero-order valence-electron chi connectivity index (χ0n) is 14.5. The number of amides is 1. The number of H-pyrrole nitrogens is 1. The molecule has 2 aliphatic rings. The molecule has 2 aromatic rings. The van der Waals surface area contributed by atoms with Crippen LogP contribution in [0.1, 0.15) is 31.0 Å². The Hall–Kier alpha value is -2.21. The molecule has 1 aliphatic heterocycles. The van der Waals surface area contributed by atoms with Gasteiger partial charge in [-0.3, -0.25) is 9.89 Å². The van der Waals surface area contributed by atoms with Gasteiger partial charge in [-0.1, -0.05) is 30.3 Å². The molecule has 0 bridgehead atoms. The van der Waals surface area contributed by atoms with Gasteiger partial charge in [0.25, 0.3) is 0 Å². The smallest absolute Gasteiger partial charge is 0.222 e. The van der Waals surface area contributed by atoms with E-state index in [0.29, 0.717) is 31.3 Å². The predicted octanol–water partition coefficient (Wildman–Crippen LogP) is 2.46. The molecule has 6 nitrogen and oxygen atoms in total. The van der Waals surface area contributed by atoms with Crippen molar-refractivity contribution < 1.29 is 9.53 Å². The van der Waals surface area contributed by atoms with E-state index in [1.807, 2.05) is 35.2 Å². The average molecular weight is 340 g/mol. The van der Waals surface area contributed by atoms with Crippen molar-refractivity contribution in [3.63, 3.8) is 0 Å². The molecule has 2 fully saturated rings. The summed E-state index contributed by atoms with van der Waals surface area (Å²) in [5, 5.41) is 7.47. The molecular weight excluding hydrogens is 316 g/mol. The summed E-state index contributed by atoms with van der Waals surface area (Å²) in [6.07, 6.45) is 3.10. The zero-order chi connectivity index (χ0) is 17.2. The largest absolute Gasteiger partial charge is 0.384 e. The summed E-state index contributed by atoms with van der Waals surface area (Å²) in [7, 11) is 1.71. The predicted molar refractivity (Wildman–Crippen MR) is 93.8 cm³/mol. The van der Waals surface area contributed by atoms with Crippen LogP contribution in [0.3, 0.4) is 0 Å². The highest BCUT2D eigenvalue weighted by Crippen LogP contribution is 2.36. The molecule has 0 spiro atoms. The van der Waals surface area contributed by atoms with E-state index < -0.39 is 0 Å². The van der Waals surface area contributed by atoms with E-state index in [2.05, 4.69) is 10.2 Å². The number of methoxy groups -OCH3 is 1. The van der Waals surface area contributed by atoms with Crippen LogP contribution in [0, 0.1) is 11.8 Å². The number of benzene rings is 1. The van der Waals surface area contributed by atoms with Crippen LogP contribution < -0.4 is 0 Å². The second-order valence-corrected chi connectivity index (χ2v) is 7.18. The minimum atomic E-state index is 0.146. The lowest BCUT2D eigenvalue weighted by Gasteiger charge is -2.15. The van der Waals surface area contributed by atoms with Crippen LogP contribution >= 0.6 is 0 Å². The number of nitrogens with zero attached hydrogens (tertiary/aromatic N) is 3. The fraction of sp³-hybridized carbons (Fsp3) is 0.526. The highest BCUT2D eigenvalue weighted by atomic mass is 16.5. The molecule has 1 saturated carbocycles. The number of rotatable bonds is 6. The summed E-state index contributed by atoms with van der Waals surface area (Å²) in [5.41, 5.74) is 0.993. The third kappa shape index (κ3) is 3.58. The van der Waals surface area contributed by atoms with Crippen molar-refractivity contribution in [2.45, 2.75) is 25.2 Å². The average Bonchev–Trinajstić information content (AvgIpc) is 3.14. The van der Waals surface area contributed by atoms with E-state index in [1.165, 1.54) is 12.8 Å². The Morgan fingerprint density at radius 1 is 1.28 bits per heavy atom. The van der Waals surface area contributed by atoms with E-state index >= 15 is 0 Å². The van der Waals surface area contributed by atoms with Gasteiger partial charge in [0.1, 0.15) is 5.82 Å². The minimum Gasteiger partial charge on any atom is -0.384 e. The van der Waals surface area contributed by atoms with Crippen molar-refractivity contribution in [1.82, 2.24) is 20.1 Å². The quantitative estimate of drug-likeness (QED) is 0.877. The fourth-order valence-corrected chi connectivity index (χ4v) is 3.62. The second-order valence-electron chi connectivity index (χ2n) is 7.18. The van der Waals surface area contributed by atoms with Gasteiger partial charge in [-0.2, -0.15) is 5.10 Å². The lowest BCUT2D eigenvalue weighted by atomic mass is 9.96. The van der Waals surface area contributed by atoms with Gasteiger partial charge < -0.3 is 9.64 Å². The molecule has 1 amide bonds. The molecule has 1 N–H and O–H groups in total. The van der Waals surface area contributed by atoms with E-state index in [4.69, 9.17) is 9.72 Å². The molecule has 1 aliphatic carbocycles. The van der Waals surface area contributed by atoms with Crippen molar-refractivity contribution >= 4 is 5.91 Å². The van der Waals surface area contributed by atoms with Crippen molar-refractivity contribution in [2.75, 3.05) is 26.8 Å². The topological polar surface area (TPSA) is 71.1 Å². The lowest BCUT2D eigenvalue weighted by Crippen LogP contribution is -2.29. The lowest BCUT2D eigenvalue weighted by molar-refractivity contribution is -0.130. The Morgan fingerprint density at radius 2 is 2.08 bits per heavy atom. The Morgan fingerprint density at radius 3 is 2.80 bits per heavy atom. The molecule has 1 saturated heterocycles. The van der Waals surface area contributed by atoms with Gasteiger partial charge in [0.15, 0.2) is 5.82 Å². The number of hydrogen-bond donors (Lipinski definition) is 1. The summed E-state index contributed by atoms with van der Waals surface area (Å²) >= 11 is 0. The molecule has 132 valence electrons. The van der Waals surface area contributed by atoms with Crippen LogP contribution in [0.4, 0.5) is 0 Å². The first kappa shape index (κ1) is 16.3. The minimum absolute atomic E-state index is 0.146. The number of aromatic amines is 1. The van der Waals surface area contributed by atoms with Gasteiger partial charge >= 0.3 is 0 Å². The van der Waals surface area contributed by atoms with Gasteiger partial charge in [-0.25, -0.2) is 4.98 Å². The van der Waals surface area contributed by atoms with Crippen molar-refractivity contribution in [3.05, 3.63) is 36.2 Å². The molecule has 4 rings (SSSR count). The Bertz CT molecular complexity index is 726. The molecule has 0 unspecified atom stereocenters. The summed E-state index contributed by atoms with van der Waals surface area (Å²) in [6, 6.07) is 9.94. The normalized spacial score (nSPS) is 23.2. The number of carbonyl (C=O) groups is 1. The van der Waals surface area contributed by atoms with Crippen molar-refractivity contribution in [3.8, 4) is 11.4 Å². The first-order chi connectivity index (χ1) is 12.2. The Kier molecular flexibility index (Phi) is 4.53. The molecule has 1 aromatic carbocycles. The first-order valence-corrected chi connectivity index (χ1v) is 8.99. The van der Waals surface area contributed by atoms with Crippen LogP contribution in [0.2, 0.25) is 0 Å². The third-order valence-electron chi connectivity index (χ3n) is 5.22. The number of carbonyl (C=O) groups excluding carboxylic acids is 1. The first-order valence-electron chi connectivity index (χ1n) is 8.99. The van der Waals surface area contributed by atoms with Gasteiger partial charge in [0, 0.05) is 44.0 Å². The van der Waals surface area contributed by atoms with Gasteiger partial charge in [0.2, 0.25) is 5.91 Å². The summed E-state index contributed by atoms with van der Waals surface area (Å²) < 4.78 is 5.39. The molecule has 6 heteroatoms. The molecule has 0 radical (unpaired) electrons. The van der Waals surface area contributed by atoms with E-state index in [1.54, 1.807) is 7.11 Å². The Labute approximate surface area is 147 Å². The summed E-state index contributed by atoms with van der Waals surface area (Å²) in [4.78, 5) is 19.2. The maximum absolute atomic E-state index is 12.5.